The highest BCUT2D eigenvalue weighted by Crippen LogP contribution is 2.30. The van der Waals surface area contributed by atoms with Gasteiger partial charge in [0.25, 0.3) is 10.0 Å². The van der Waals surface area contributed by atoms with E-state index in [1.54, 1.807) is 55.5 Å². The van der Waals surface area contributed by atoms with E-state index in [-0.39, 0.29) is 23.8 Å². The predicted octanol–water partition coefficient (Wildman–Crippen LogP) is 7.36. The van der Waals surface area contributed by atoms with Gasteiger partial charge < -0.3 is 10.2 Å². The molecule has 0 aromatic heterocycles. The standard InChI is InChI=1S/C36H39Cl2N3O4S/c1-4-5-20-39-36(43)34(23-28-10-7-6-8-11-28)40(24-29-12-9-13-30(37)22-29)35(42)25-41(33-19-16-31(38)21-27(33)3)46(44,45)32-17-14-26(2)15-18-32/h6-19,21-22,34H,4-5,20,23-25H2,1-3H3,(H,39,43). The smallest absolute Gasteiger partial charge is 0.264 e. The van der Waals surface area contributed by atoms with E-state index in [0.29, 0.717) is 33.4 Å². The van der Waals surface area contributed by atoms with Gasteiger partial charge in [-0.05, 0) is 79.4 Å². The first-order valence-electron chi connectivity index (χ1n) is 15.2. The minimum absolute atomic E-state index is 0.0378. The topological polar surface area (TPSA) is 86.8 Å². The molecule has 0 aliphatic rings. The van der Waals surface area contributed by atoms with E-state index in [1.807, 2.05) is 50.2 Å². The minimum atomic E-state index is -4.22. The number of anilines is 1. The van der Waals surface area contributed by atoms with E-state index in [1.165, 1.54) is 17.0 Å². The molecule has 0 aliphatic carbocycles. The monoisotopic (exact) mass is 679 g/mol. The maximum Gasteiger partial charge on any atom is 0.264 e. The molecule has 1 N–H and O–H groups in total. The lowest BCUT2D eigenvalue weighted by molar-refractivity contribution is -0.140. The summed E-state index contributed by atoms with van der Waals surface area (Å²) in [4.78, 5) is 29.9. The lowest BCUT2D eigenvalue weighted by Crippen LogP contribution is -2.53. The van der Waals surface area contributed by atoms with Gasteiger partial charge in [-0.1, -0.05) is 96.7 Å². The number of benzene rings is 4. The fourth-order valence-corrected chi connectivity index (χ4v) is 7.06. The van der Waals surface area contributed by atoms with Crippen LogP contribution in [-0.2, 0) is 32.6 Å². The van der Waals surface area contributed by atoms with Crippen molar-refractivity contribution in [3.8, 4) is 0 Å². The van der Waals surface area contributed by atoms with Gasteiger partial charge in [-0.15, -0.1) is 0 Å². The van der Waals surface area contributed by atoms with Crippen molar-refractivity contribution >= 4 is 50.7 Å². The second kappa shape index (κ2) is 16.1. The van der Waals surface area contributed by atoms with Crippen molar-refractivity contribution in [3.05, 3.63) is 129 Å². The van der Waals surface area contributed by atoms with Gasteiger partial charge in [0.05, 0.1) is 10.6 Å². The van der Waals surface area contributed by atoms with Crippen molar-refractivity contribution in [1.29, 1.82) is 0 Å². The molecule has 0 heterocycles. The van der Waals surface area contributed by atoms with Crippen molar-refractivity contribution in [2.75, 3.05) is 17.4 Å². The van der Waals surface area contributed by atoms with Crippen LogP contribution < -0.4 is 9.62 Å². The van der Waals surface area contributed by atoms with Crippen LogP contribution in [-0.4, -0.2) is 44.3 Å². The van der Waals surface area contributed by atoms with Crippen molar-refractivity contribution in [1.82, 2.24) is 10.2 Å². The summed E-state index contributed by atoms with van der Waals surface area (Å²) in [5, 5.41) is 3.92. The molecule has 1 atom stereocenters. The van der Waals surface area contributed by atoms with Crippen LogP contribution >= 0.6 is 23.2 Å². The molecular weight excluding hydrogens is 641 g/mol. The molecule has 4 aromatic rings. The molecule has 0 aliphatic heterocycles. The number of nitrogens with one attached hydrogen (secondary N) is 1. The molecule has 7 nitrogen and oxygen atoms in total. The summed E-state index contributed by atoms with van der Waals surface area (Å²) >= 11 is 12.6. The van der Waals surface area contributed by atoms with E-state index >= 15 is 0 Å². The van der Waals surface area contributed by atoms with Crippen LogP contribution in [0.15, 0.2) is 102 Å². The van der Waals surface area contributed by atoms with Crippen molar-refractivity contribution in [2.45, 2.75) is 57.5 Å². The highest BCUT2D eigenvalue weighted by molar-refractivity contribution is 7.92. The summed E-state index contributed by atoms with van der Waals surface area (Å²) in [7, 11) is -4.22. The molecule has 4 rings (SSSR count). The Balaban J connectivity index is 1.81. The summed E-state index contributed by atoms with van der Waals surface area (Å²) in [5.41, 5.74) is 3.36. The number of hydrogen-bond acceptors (Lipinski definition) is 4. The Morgan fingerprint density at radius 1 is 0.826 bits per heavy atom. The highest BCUT2D eigenvalue weighted by Gasteiger charge is 2.35. The molecule has 0 saturated heterocycles. The molecule has 0 spiro atoms. The number of halogens is 2. The van der Waals surface area contributed by atoms with Gasteiger partial charge in [0.2, 0.25) is 11.8 Å². The van der Waals surface area contributed by atoms with Gasteiger partial charge in [-0.3, -0.25) is 13.9 Å². The number of aryl methyl sites for hydroxylation is 2. The van der Waals surface area contributed by atoms with Crippen LogP contribution in [0.3, 0.4) is 0 Å². The van der Waals surface area contributed by atoms with Crippen LogP contribution in [0.5, 0.6) is 0 Å². The fraction of sp³-hybridized carbons (Fsp3) is 0.278. The Morgan fingerprint density at radius 2 is 1.50 bits per heavy atom. The summed E-state index contributed by atoms with van der Waals surface area (Å²) in [6, 6.07) is 26.9. The van der Waals surface area contributed by atoms with E-state index < -0.39 is 28.5 Å². The maximum atomic E-state index is 14.6. The van der Waals surface area contributed by atoms with Gasteiger partial charge >= 0.3 is 0 Å². The third-order valence-electron chi connectivity index (χ3n) is 7.66. The van der Waals surface area contributed by atoms with Gasteiger partial charge in [0, 0.05) is 29.6 Å². The molecule has 0 fully saturated rings. The zero-order valence-electron chi connectivity index (χ0n) is 26.2. The zero-order valence-corrected chi connectivity index (χ0v) is 28.6. The Kier molecular flexibility index (Phi) is 12.3. The Hall–Kier alpha value is -3.85. The minimum Gasteiger partial charge on any atom is -0.354 e. The molecule has 0 saturated carbocycles. The average Bonchev–Trinajstić information content (AvgIpc) is 3.02. The van der Waals surface area contributed by atoms with Gasteiger partial charge in [0.15, 0.2) is 0 Å². The number of carbonyl (C=O) groups is 2. The average molecular weight is 681 g/mol. The van der Waals surface area contributed by atoms with Crippen LogP contribution in [0, 0.1) is 13.8 Å². The number of nitrogens with zero attached hydrogens (tertiary/aromatic N) is 2. The molecule has 1 unspecified atom stereocenters. The first kappa shape index (κ1) is 35.0. The van der Waals surface area contributed by atoms with Crippen LogP contribution in [0.25, 0.3) is 0 Å². The number of carbonyl (C=O) groups excluding carboxylic acids is 2. The number of sulfonamides is 1. The molecule has 242 valence electrons. The zero-order chi connectivity index (χ0) is 33.3. The molecule has 46 heavy (non-hydrogen) atoms. The van der Waals surface area contributed by atoms with E-state index in [9.17, 15) is 18.0 Å². The number of rotatable bonds is 14. The van der Waals surface area contributed by atoms with Crippen LogP contribution in [0.1, 0.15) is 42.0 Å². The van der Waals surface area contributed by atoms with Crippen molar-refractivity contribution in [3.63, 3.8) is 0 Å². The van der Waals surface area contributed by atoms with Gasteiger partial charge in [-0.2, -0.15) is 0 Å². The van der Waals surface area contributed by atoms with Crippen LogP contribution in [0.2, 0.25) is 10.0 Å². The Labute approximate surface area is 282 Å². The number of amides is 2. The van der Waals surface area contributed by atoms with Crippen molar-refractivity contribution in [2.24, 2.45) is 0 Å². The second-order valence-corrected chi connectivity index (χ2v) is 14.0. The first-order chi connectivity index (χ1) is 22.0. The maximum absolute atomic E-state index is 14.6. The summed E-state index contributed by atoms with van der Waals surface area (Å²) in [6.07, 6.45) is 1.90. The quantitative estimate of drug-likeness (QED) is 0.141. The molecule has 0 bridgehead atoms. The molecule has 4 aromatic carbocycles. The number of hydrogen-bond donors (Lipinski definition) is 1. The highest BCUT2D eigenvalue weighted by atomic mass is 35.5. The molecule has 2 amide bonds. The van der Waals surface area contributed by atoms with Crippen LogP contribution in [0.4, 0.5) is 5.69 Å². The predicted molar refractivity (Wildman–Crippen MR) is 186 cm³/mol. The lowest BCUT2D eigenvalue weighted by atomic mass is 10.0. The second-order valence-electron chi connectivity index (χ2n) is 11.3. The van der Waals surface area contributed by atoms with E-state index in [2.05, 4.69) is 5.32 Å². The summed E-state index contributed by atoms with van der Waals surface area (Å²) < 4.78 is 29.6. The largest absolute Gasteiger partial charge is 0.354 e. The fourth-order valence-electron chi connectivity index (χ4n) is 5.14. The van der Waals surface area contributed by atoms with Crippen molar-refractivity contribution < 1.29 is 18.0 Å². The normalized spacial score (nSPS) is 11.9. The van der Waals surface area contributed by atoms with E-state index in [0.717, 1.165) is 28.3 Å². The summed E-state index contributed by atoms with van der Waals surface area (Å²) in [6.45, 7) is 5.59. The third kappa shape index (κ3) is 9.12. The SMILES string of the molecule is CCCCNC(=O)C(Cc1ccccc1)N(Cc1cccc(Cl)c1)C(=O)CN(c1ccc(Cl)cc1C)S(=O)(=O)c1ccc(C)cc1. The van der Waals surface area contributed by atoms with E-state index in [4.69, 9.17) is 23.2 Å². The Morgan fingerprint density at radius 3 is 2.15 bits per heavy atom. The molecular formula is C36H39Cl2N3O4S. The first-order valence-corrected chi connectivity index (χ1v) is 17.4. The molecule has 10 heteroatoms. The number of unbranched alkanes of at least 4 members (excludes halogenated alkanes) is 1. The third-order valence-corrected chi connectivity index (χ3v) is 9.90. The molecule has 0 radical (unpaired) electrons. The summed E-state index contributed by atoms with van der Waals surface area (Å²) in [5.74, 6) is -0.861. The van der Waals surface area contributed by atoms with Gasteiger partial charge in [-0.25, -0.2) is 8.42 Å². The Bertz CT molecular complexity index is 1750. The van der Waals surface area contributed by atoms with Gasteiger partial charge in [0.1, 0.15) is 12.6 Å². The lowest BCUT2D eigenvalue weighted by Gasteiger charge is -2.34.